The largest absolute Gasteiger partial charge is 0.375 e. The lowest BCUT2D eigenvalue weighted by molar-refractivity contribution is 0.0949. The van der Waals surface area contributed by atoms with E-state index in [1.54, 1.807) is 0 Å². The van der Waals surface area contributed by atoms with Gasteiger partial charge in [0.2, 0.25) is 0 Å². The molecule has 0 radical (unpaired) electrons. The van der Waals surface area contributed by atoms with Gasteiger partial charge >= 0.3 is 0 Å². The number of benzene rings is 1. The Bertz CT molecular complexity index is 596. The van der Waals surface area contributed by atoms with Crippen LogP contribution in [0.1, 0.15) is 32.7 Å². The summed E-state index contributed by atoms with van der Waals surface area (Å²) < 4.78 is 0. The maximum atomic E-state index is 12.2. The van der Waals surface area contributed by atoms with Crippen molar-refractivity contribution in [1.29, 1.82) is 0 Å². The Morgan fingerprint density at radius 3 is 2.47 bits per heavy atom. The van der Waals surface area contributed by atoms with Crippen molar-refractivity contribution in [3.63, 3.8) is 0 Å². The van der Waals surface area contributed by atoms with Crippen LogP contribution < -0.4 is 11.1 Å². The maximum Gasteiger partial charge on any atom is 0.252 e. The van der Waals surface area contributed by atoms with E-state index in [1.165, 1.54) is 16.9 Å². The van der Waals surface area contributed by atoms with Crippen molar-refractivity contribution in [2.45, 2.75) is 27.3 Å². The van der Waals surface area contributed by atoms with Gasteiger partial charge in [0.15, 0.2) is 5.13 Å². The molecule has 5 heteroatoms. The average molecular weight is 275 g/mol. The van der Waals surface area contributed by atoms with Crippen LogP contribution in [0.15, 0.2) is 17.5 Å². The summed E-state index contributed by atoms with van der Waals surface area (Å²) in [6.07, 6.45) is 0. The van der Waals surface area contributed by atoms with E-state index in [0.717, 1.165) is 22.4 Å². The van der Waals surface area contributed by atoms with Crippen LogP contribution in [-0.2, 0) is 6.54 Å². The second-order valence-corrected chi connectivity index (χ2v) is 5.52. The second kappa shape index (κ2) is 5.40. The first kappa shape index (κ1) is 13.5. The minimum Gasteiger partial charge on any atom is -0.375 e. The fourth-order valence-electron chi connectivity index (χ4n) is 2.20. The molecule has 1 amide bonds. The first-order valence-electron chi connectivity index (χ1n) is 6.03. The molecule has 3 N–H and O–H groups in total. The van der Waals surface area contributed by atoms with Crippen molar-refractivity contribution in [2.75, 3.05) is 5.73 Å². The third-order valence-electron chi connectivity index (χ3n) is 2.90. The number of carbonyl (C=O) groups is 1. The van der Waals surface area contributed by atoms with E-state index in [-0.39, 0.29) is 5.91 Å². The van der Waals surface area contributed by atoms with Gasteiger partial charge in [-0.25, -0.2) is 4.98 Å². The normalized spacial score (nSPS) is 10.5. The van der Waals surface area contributed by atoms with E-state index < -0.39 is 0 Å². The van der Waals surface area contributed by atoms with Crippen molar-refractivity contribution >= 4 is 22.4 Å². The van der Waals surface area contributed by atoms with Crippen LogP contribution in [0.2, 0.25) is 0 Å². The number of amides is 1. The lowest BCUT2D eigenvalue weighted by Gasteiger charge is -2.11. The molecule has 19 heavy (non-hydrogen) atoms. The van der Waals surface area contributed by atoms with Crippen LogP contribution in [0.4, 0.5) is 5.13 Å². The van der Waals surface area contributed by atoms with Gasteiger partial charge in [-0.15, -0.1) is 11.3 Å². The molecule has 0 aliphatic carbocycles. The number of nitrogens with zero attached hydrogens (tertiary/aromatic N) is 1. The van der Waals surface area contributed by atoms with Crippen LogP contribution in [0.5, 0.6) is 0 Å². The molecule has 1 aromatic heterocycles. The summed E-state index contributed by atoms with van der Waals surface area (Å²) in [7, 11) is 0. The molecule has 1 heterocycles. The molecule has 0 spiro atoms. The molecule has 100 valence electrons. The topological polar surface area (TPSA) is 68.0 Å². The number of thiazole rings is 1. The molecule has 1 aromatic carbocycles. The monoisotopic (exact) mass is 275 g/mol. The first-order valence-corrected chi connectivity index (χ1v) is 6.91. The highest BCUT2D eigenvalue weighted by Crippen LogP contribution is 2.16. The highest BCUT2D eigenvalue weighted by atomic mass is 32.1. The minimum atomic E-state index is -0.0680. The molecule has 2 rings (SSSR count). The Morgan fingerprint density at radius 1 is 1.32 bits per heavy atom. The molecule has 4 nitrogen and oxygen atoms in total. The van der Waals surface area contributed by atoms with Crippen molar-refractivity contribution in [3.8, 4) is 0 Å². The standard InChI is InChI=1S/C14H17N3OS/c1-8-4-9(2)12(10(3)5-8)13(18)16-6-11-7-19-14(15)17-11/h4-5,7H,6H2,1-3H3,(H2,15,17)(H,16,18). The smallest absolute Gasteiger partial charge is 0.252 e. The zero-order chi connectivity index (χ0) is 14.0. The fraction of sp³-hybridized carbons (Fsp3) is 0.286. The number of nitrogen functional groups attached to an aromatic ring is 1. The summed E-state index contributed by atoms with van der Waals surface area (Å²) >= 11 is 1.38. The summed E-state index contributed by atoms with van der Waals surface area (Å²) in [5.74, 6) is -0.0680. The van der Waals surface area contributed by atoms with Gasteiger partial charge in [-0.1, -0.05) is 17.7 Å². The molecule has 0 fully saturated rings. The van der Waals surface area contributed by atoms with E-state index >= 15 is 0 Å². The number of carbonyl (C=O) groups excluding carboxylic acids is 1. The van der Waals surface area contributed by atoms with Gasteiger partial charge in [0.25, 0.3) is 5.91 Å². The molecule has 2 aromatic rings. The molecule has 0 unspecified atom stereocenters. The van der Waals surface area contributed by atoms with Crippen LogP contribution in [-0.4, -0.2) is 10.9 Å². The Kier molecular flexibility index (Phi) is 3.85. The Morgan fingerprint density at radius 2 is 1.95 bits per heavy atom. The Hall–Kier alpha value is -1.88. The average Bonchev–Trinajstić information content (AvgIpc) is 2.71. The van der Waals surface area contributed by atoms with Crippen molar-refractivity contribution in [2.24, 2.45) is 0 Å². The molecular weight excluding hydrogens is 258 g/mol. The third kappa shape index (κ3) is 3.12. The predicted octanol–water partition coefficient (Wildman–Crippen LogP) is 2.58. The number of aryl methyl sites for hydroxylation is 3. The molecule has 0 bridgehead atoms. The first-order chi connectivity index (χ1) is 8.97. The summed E-state index contributed by atoms with van der Waals surface area (Å²) in [6, 6.07) is 4.03. The Balaban J connectivity index is 2.12. The third-order valence-corrected chi connectivity index (χ3v) is 3.63. The van der Waals surface area contributed by atoms with Gasteiger partial charge < -0.3 is 11.1 Å². The van der Waals surface area contributed by atoms with Gasteiger partial charge in [-0.05, 0) is 31.9 Å². The van der Waals surface area contributed by atoms with Crippen LogP contribution in [0, 0.1) is 20.8 Å². The van der Waals surface area contributed by atoms with E-state index in [1.807, 2.05) is 38.3 Å². The fourth-order valence-corrected chi connectivity index (χ4v) is 2.76. The number of aromatic nitrogens is 1. The zero-order valence-electron chi connectivity index (χ0n) is 11.3. The predicted molar refractivity (Wildman–Crippen MR) is 78.3 cm³/mol. The summed E-state index contributed by atoms with van der Waals surface area (Å²) in [4.78, 5) is 16.3. The van der Waals surface area contributed by atoms with Gasteiger partial charge in [-0.2, -0.15) is 0 Å². The van der Waals surface area contributed by atoms with Gasteiger partial charge in [-0.3, -0.25) is 4.79 Å². The number of nitrogens with one attached hydrogen (secondary N) is 1. The van der Waals surface area contributed by atoms with Crippen molar-refractivity contribution in [1.82, 2.24) is 10.3 Å². The van der Waals surface area contributed by atoms with Crippen molar-refractivity contribution < 1.29 is 4.79 Å². The highest BCUT2D eigenvalue weighted by molar-refractivity contribution is 7.13. The minimum absolute atomic E-state index is 0.0680. The summed E-state index contributed by atoms with van der Waals surface area (Å²) in [5, 5.41) is 5.25. The highest BCUT2D eigenvalue weighted by Gasteiger charge is 2.12. The Labute approximate surface area is 116 Å². The molecule has 0 atom stereocenters. The number of hydrogen-bond donors (Lipinski definition) is 2. The number of rotatable bonds is 3. The lowest BCUT2D eigenvalue weighted by atomic mass is 9.99. The number of anilines is 1. The number of nitrogens with two attached hydrogens (primary N) is 1. The quantitative estimate of drug-likeness (QED) is 0.904. The molecule has 0 aliphatic rings. The van der Waals surface area contributed by atoms with E-state index in [0.29, 0.717) is 11.7 Å². The van der Waals surface area contributed by atoms with Crippen LogP contribution >= 0.6 is 11.3 Å². The van der Waals surface area contributed by atoms with Crippen molar-refractivity contribution in [3.05, 3.63) is 45.5 Å². The zero-order valence-corrected chi connectivity index (χ0v) is 12.1. The summed E-state index contributed by atoms with van der Waals surface area (Å²) in [5.41, 5.74) is 10.2. The van der Waals surface area contributed by atoms with E-state index in [2.05, 4.69) is 10.3 Å². The molecule has 0 saturated carbocycles. The van der Waals surface area contributed by atoms with Crippen LogP contribution in [0.3, 0.4) is 0 Å². The summed E-state index contributed by atoms with van der Waals surface area (Å²) in [6.45, 7) is 6.34. The SMILES string of the molecule is Cc1cc(C)c(C(=O)NCc2csc(N)n2)c(C)c1. The maximum absolute atomic E-state index is 12.2. The second-order valence-electron chi connectivity index (χ2n) is 4.63. The molecule has 0 aliphatic heterocycles. The van der Waals surface area contributed by atoms with E-state index in [4.69, 9.17) is 5.73 Å². The molecule has 0 saturated heterocycles. The van der Waals surface area contributed by atoms with Crippen LogP contribution in [0.25, 0.3) is 0 Å². The van der Waals surface area contributed by atoms with Gasteiger partial charge in [0, 0.05) is 10.9 Å². The van der Waals surface area contributed by atoms with Gasteiger partial charge in [0.05, 0.1) is 12.2 Å². The van der Waals surface area contributed by atoms with E-state index in [9.17, 15) is 4.79 Å². The molecular formula is C14H17N3OS. The van der Waals surface area contributed by atoms with Gasteiger partial charge in [0.1, 0.15) is 0 Å². The lowest BCUT2D eigenvalue weighted by Crippen LogP contribution is -2.24. The number of hydrogen-bond acceptors (Lipinski definition) is 4.